The lowest BCUT2D eigenvalue weighted by molar-refractivity contribution is 0.216. The third kappa shape index (κ3) is 3.93. The van der Waals surface area contributed by atoms with Crippen LogP contribution in [0.25, 0.3) is 0 Å². The summed E-state index contributed by atoms with van der Waals surface area (Å²) < 4.78 is 24.3. The monoisotopic (exact) mass is 410 g/mol. The molecule has 1 aliphatic rings. The number of carbonyl (C=O) groups excluding carboxylic acids is 1. The highest BCUT2D eigenvalue weighted by Gasteiger charge is 2.25. The first kappa shape index (κ1) is 14.8. The minimum atomic E-state index is -2.97. The van der Waals surface area contributed by atoms with E-state index in [1.165, 1.54) is 4.90 Å². The van der Waals surface area contributed by atoms with Gasteiger partial charge in [-0.05, 0) is 34.1 Å². The molecule has 0 spiro atoms. The molecule has 0 aliphatic carbocycles. The van der Waals surface area contributed by atoms with Crippen LogP contribution in [-0.4, -0.2) is 43.9 Å². The fourth-order valence-corrected chi connectivity index (χ4v) is 4.05. The number of urea groups is 1. The molecule has 1 aromatic rings. The first-order valence-electron chi connectivity index (χ1n) is 5.59. The van der Waals surface area contributed by atoms with Gasteiger partial charge >= 0.3 is 6.03 Å². The third-order valence-electron chi connectivity index (χ3n) is 2.80. The molecule has 1 saturated heterocycles. The van der Waals surface area contributed by atoms with Crippen LogP contribution in [-0.2, 0) is 9.84 Å². The first-order chi connectivity index (χ1) is 8.87. The van der Waals surface area contributed by atoms with Gasteiger partial charge in [-0.1, -0.05) is 15.9 Å². The van der Waals surface area contributed by atoms with Crippen LogP contribution in [0.15, 0.2) is 27.1 Å². The number of carbonyl (C=O) groups is 1. The molecule has 1 aromatic carbocycles. The lowest BCUT2D eigenvalue weighted by Gasteiger charge is -2.27. The number of hydrogen-bond acceptors (Lipinski definition) is 3. The van der Waals surface area contributed by atoms with Gasteiger partial charge in [0.05, 0.1) is 17.2 Å². The number of hydrogen-bond donors (Lipinski definition) is 1. The van der Waals surface area contributed by atoms with Crippen LogP contribution in [0.5, 0.6) is 0 Å². The Bertz CT molecular complexity index is 590. The summed E-state index contributed by atoms with van der Waals surface area (Å²) in [6, 6.07) is 5.14. The largest absolute Gasteiger partial charge is 0.322 e. The number of nitrogens with zero attached hydrogens (tertiary/aromatic N) is 1. The van der Waals surface area contributed by atoms with Gasteiger partial charge in [-0.15, -0.1) is 0 Å². The van der Waals surface area contributed by atoms with E-state index in [9.17, 15) is 13.2 Å². The molecule has 1 fully saturated rings. The van der Waals surface area contributed by atoms with Gasteiger partial charge in [-0.2, -0.15) is 0 Å². The predicted molar refractivity (Wildman–Crippen MR) is 81.1 cm³/mol. The van der Waals surface area contributed by atoms with Gasteiger partial charge < -0.3 is 10.2 Å². The molecule has 19 heavy (non-hydrogen) atoms. The summed E-state index contributed by atoms with van der Waals surface area (Å²) in [6.45, 7) is 0.477. The lowest BCUT2D eigenvalue weighted by Crippen LogP contribution is -2.45. The average molecular weight is 412 g/mol. The summed E-state index contributed by atoms with van der Waals surface area (Å²) in [5.74, 6) is 0.0594. The minimum absolute atomic E-state index is 0.0297. The van der Waals surface area contributed by atoms with Crippen LogP contribution in [0.1, 0.15) is 0 Å². The Morgan fingerprint density at radius 3 is 2.42 bits per heavy atom. The zero-order valence-electron chi connectivity index (χ0n) is 9.90. The van der Waals surface area contributed by atoms with E-state index in [2.05, 4.69) is 37.2 Å². The zero-order valence-corrected chi connectivity index (χ0v) is 13.9. The van der Waals surface area contributed by atoms with Crippen LogP contribution in [0.3, 0.4) is 0 Å². The Labute approximate surface area is 128 Å². The summed E-state index contributed by atoms with van der Waals surface area (Å²) >= 11 is 6.69. The molecule has 1 aliphatic heterocycles. The third-order valence-corrected chi connectivity index (χ3v) is 5.56. The molecule has 0 atom stereocenters. The van der Waals surface area contributed by atoms with Gasteiger partial charge in [0.15, 0.2) is 9.84 Å². The van der Waals surface area contributed by atoms with E-state index in [4.69, 9.17) is 0 Å². The van der Waals surface area contributed by atoms with Crippen molar-refractivity contribution in [3.8, 4) is 0 Å². The van der Waals surface area contributed by atoms with Crippen molar-refractivity contribution in [1.29, 1.82) is 0 Å². The van der Waals surface area contributed by atoms with E-state index in [1.807, 2.05) is 12.1 Å². The number of nitrogens with one attached hydrogen (secondary N) is 1. The summed E-state index contributed by atoms with van der Waals surface area (Å²) in [6.07, 6.45) is 0. The number of sulfone groups is 1. The molecular formula is C11H12Br2N2O3S. The standard InChI is InChI=1S/C11H12Br2N2O3S/c12-8-1-2-10(9(13)7-8)14-11(16)15-3-5-19(17,18)6-4-15/h1-2,7H,3-6H2,(H,14,16). The minimum Gasteiger partial charge on any atom is -0.322 e. The van der Waals surface area contributed by atoms with Gasteiger partial charge in [-0.25, -0.2) is 13.2 Å². The number of anilines is 1. The van der Waals surface area contributed by atoms with Gasteiger partial charge in [0.1, 0.15) is 0 Å². The zero-order chi connectivity index (χ0) is 14.0. The second-order valence-electron chi connectivity index (χ2n) is 4.19. The normalized spacial score (nSPS) is 18.1. The Morgan fingerprint density at radius 1 is 1.21 bits per heavy atom. The van der Waals surface area contributed by atoms with Crippen molar-refractivity contribution in [3.63, 3.8) is 0 Å². The van der Waals surface area contributed by atoms with Crippen molar-refractivity contribution in [2.24, 2.45) is 0 Å². The Hall–Kier alpha value is -0.600. The maximum atomic E-state index is 12.0. The molecule has 0 unspecified atom stereocenters. The molecule has 1 N–H and O–H groups in total. The van der Waals surface area contributed by atoms with E-state index in [-0.39, 0.29) is 30.6 Å². The van der Waals surface area contributed by atoms with E-state index < -0.39 is 9.84 Å². The van der Waals surface area contributed by atoms with Crippen molar-refractivity contribution in [1.82, 2.24) is 4.90 Å². The van der Waals surface area contributed by atoms with Crippen LogP contribution in [0, 0.1) is 0 Å². The second-order valence-corrected chi connectivity index (χ2v) is 8.27. The molecule has 8 heteroatoms. The van der Waals surface area contributed by atoms with Gasteiger partial charge in [0.25, 0.3) is 0 Å². The predicted octanol–water partition coefficient (Wildman–Crippen LogP) is 2.47. The molecule has 2 rings (SSSR count). The van der Waals surface area contributed by atoms with E-state index in [0.717, 1.165) is 8.95 Å². The summed E-state index contributed by atoms with van der Waals surface area (Å²) in [5.41, 5.74) is 0.654. The summed E-state index contributed by atoms with van der Waals surface area (Å²) in [5, 5.41) is 2.76. The van der Waals surface area contributed by atoms with Crippen LogP contribution >= 0.6 is 31.9 Å². The smallest absolute Gasteiger partial charge is 0.321 e. The van der Waals surface area contributed by atoms with Crippen molar-refractivity contribution < 1.29 is 13.2 Å². The number of amides is 2. The topological polar surface area (TPSA) is 66.5 Å². The highest BCUT2D eigenvalue weighted by molar-refractivity contribution is 9.11. The quantitative estimate of drug-likeness (QED) is 0.771. The SMILES string of the molecule is O=C(Nc1ccc(Br)cc1Br)N1CCS(=O)(=O)CC1. The molecule has 0 aromatic heterocycles. The molecule has 5 nitrogen and oxygen atoms in total. The molecule has 1 heterocycles. The summed E-state index contributed by atoms with van der Waals surface area (Å²) in [4.78, 5) is 13.5. The van der Waals surface area contributed by atoms with Crippen LogP contribution < -0.4 is 5.32 Å². The fraction of sp³-hybridized carbons (Fsp3) is 0.364. The van der Waals surface area contributed by atoms with Crippen molar-refractivity contribution in [2.45, 2.75) is 0 Å². The van der Waals surface area contributed by atoms with E-state index >= 15 is 0 Å². The highest BCUT2D eigenvalue weighted by Crippen LogP contribution is 2.26. The van der Waals surface area contributed by atoms with Crippen molar-refractivity contribution >= 4 is 53.4 Å². The number of benzene rings is 1. The Balaban J connectivity index is 2.02. The lowest BCUT2D eigenvalue weighted by atomic mass is 10.3. The molecule has 104 valence electrons. The summed E-state index contributed by atoms with van der Waals surface area (Å²) in [7, 11) is -2.97. The van der Waals surface area contributed by atoms with E-state index in [1.54, 1.807) is 6.07 Å². The van der Waals surface area contributed by atoms with Crippen molar-refractivity contribution in [3.05, 3.63) is 27.1 Å². The van der Waals surface area contributed by atoms with Gasteiger partial charge in [-0.3, -0.25) is 0 Å². The maximum absolute atomic E-state index is 12.0. The maximum Gasteiger partial charge on any atom is 0.321 e. The van der Waals surface area contributed by atoms with Gasteiger partial charge in [0.2, 0.25) is 0 Å². The Morgan fingerprint density at radius 2 is 1.84 bits per heavy atom. The molecule has 0 saturated carbocycles. The molecular weight excluding hydrogens is 400 g/mol. The molecule has 0 radical (unpaired) electrons. The van der Waals surface area contributed by atoms with E-state index in [0.29, 0.717) is 5.69 Å². The fourth-order valence-electron chi connectivity index (χ4n) is 1.70. The average Bonchev–Trinajstić information content (AvgIpc) is 2.32. The van der Waals surface area contributed by atoms with Crippen molar-refractivity contribution in [2.75, 3.05) is 29.9 Å². The second kappa shape index (κ2) is 5.80. The number of rotatable bonds is 1. The first-order valence-corrected chi connectivity index (χ1v) is 8.99. The molecule has 0 bridgehead atoms. The number of halogens is 2. The Kier molecular flexibility index (Phi) is 4.52. The van der Waals surface area contributed by atoms with Gasteiger partial charge in [0, 0.05) is 22.0 Å². The van der Waals surface area contributed by atoms with Crippen LogP contribution in [0.4, 0.5) is 10.5 Å². The highest BCUT2D eigenvalue weighted by atomic mass is 79.9. The van der Waals surface area contributed by atoms with Crippen LogP contribution in [0.2, 0.25) is 0 Å². The molecule has 2 amide bonds.